The summed E-state index contributed by atoms with van der Waals surface area (Å²) in [7, 11) is 3.57. The highest BCUT2D eigenvalue weighted by molar-refractivity contribution is 5.96. The quantitative estimate of drug-likeness (QED) is 0.471. The third-order valence-corrected chi connectivity index (χ3v) is 1.37. The Morgan fingerprint density at radius 1 is 1.55 bits per heavy atom. The van der Waals surface area contributed by atoms with E-state index < -0.39 is 0 Å². The molecule has 0 saturated carbocycles. The van der Waals surface area contributed by atoms with Crippen LogP contribution in [0.25, 0.3) is 0 Å². The summed E-state index contributed by atoms with van der Waals surface area (Å²) in [6, 6.07) is 5.73. The molecule has 0 spiro atoms. The summed E-state index contributed by atoms with van der Waals surface area (Å²) < 4.78 is 0. The molecule has 3 nitrogen and oxygen atoms in total. The molecule has 1 N–H and O–H groups in total. The highest BCUT2D eigenvalue weighted by atomic mass is 15.0. The Balaban J connectivity index is 2.92. The van der Waals surface area contributed by atoms with Crippen LogP contribution in [0.5, 0.6) is 0 Å². The van der Waals surface area contributed by atoms with Gasteiger partial charge in [-0.2, -0.15) is 0 Å². The lowest BCUT2D eigenvalue weighted by molar-refractivity contribution is 1.12. The highest BCUT2D eigenvalue weighted by Gasteiger charge is 1.97. The Morgan fingerprint density at radius 3 is 2.82 bits per heavy atom. The van der Waals surface area contributed by atoms with Crippen LogP contribution in [0.3, 0.4) is 0 Å². The zero-order valence-corrected chi connectivity index (χ0v) is 6.70. The van der Waals surface area contributed by atoms with Gasteiger partial charge in [-0.05, 0) is 12.1 Å². The molecule has 0 atom stereocenters. The third-order valence-electron chi connectivity index (χ3n) is 1.37. The molecule has 0 aromatic carbocycles. The second kappa shape index (κ2) is 3.71. The monoisotopic (exact) mass is 149 g/mol. The number of nitrogens with zero attached hydrogens (tertiary/aromatic N) is 2. The van der Waals surface area contributed by atoms with Gasteiger partial charge in [0.1, 0.15) is 11.5 Å². The molecule has 0 aliphatic heterocycles. The smallest absolute Gasteiger partial charge is 0.146 e. The summed E-state index contributed by atoms with van der Waals surface area (Å²) in [6.45, 7) is 0. The van der Waals surface area contributed by atoms with E-state index in [2.05, 4.69) is 15.3 Å². The van der Waals surface area contributed by atoms with Crippen molar-refractivity contribution >= 4 is 5.84 Å². The zero-order chi connectivity index (χ0) is 8.10. The molecule has 1 aromatic rings. The van der Waals surface area contributed by atoms with Crippen molar-refractivity contribution in [1.82, 2.24) is 10.3 Å². The van der Waals surface area contributed by atoms with Gasteiger partial charge >= 0.3 is 0 Å². The van der Waals surface area contributed by atoms with Crippen LogP contribution in [0, 0.1) is 0 Å². The Hall–Kier alpha value is -1.38. The molecule has 58 valence electrons. The molecule has 0 fully saturated rings. The minimum Gasteiger partial charge on any atom is -0.372 e. The van der Waals surface area contributed by atoms with E-state index in [9.17, 15) is 0 Å². The van der Waals surface area contributed by atoms with Gasteiger partial charge in [-0.25, -0.2) is 0 Å². The van der Waals surface area contributed by atoms with E-state index in [-0.39, 0.29) is 0 Å². The Bertz CT molecular complexity index is 241. The number of hydrogen-bond acceptors (Lipinski definition) is 2. The van der Waals surface area contributed by atoms with Crippen molar-refractivity contribution in [1.29, 1.82) is 0 Å². The number of aliphatic imine (C=N–C) groups is 1. The van der Waals surface area contributed by atoms with Crippen LogP contribution in [0.1, 0.15) is 5.69 Å². The molecule has 0 bridgehead atoms. The molecular formula is C8H11N3. The van der Waals surface area contributed by atoms with Crippen LogP contribution in [-0.2, 0) is 0 Å². The number of nitrogens with one attached hydrogen (secondary N) is 1. The van der Waals surface area contributed by atoms with Gasteiger partial charge < -0.3 is 5.32 Å². The van der Waals surface area contributed by atoms with Crippen molar-refractivity contribution in [3.63, 3.8) is 0 Å². The fourth-order valence-electron chi connectivity index (χ4n) is 0.857. The van der Waals surface area contributed by atoms with Gasteiger partial charge in [0, 0.05) is 20.3 Å². The van der Waals surface area contributed by atoms with Gasteiger partial charge in [0.25, 0.3) is 0 Å². The van der Waals surface area contributed by atoms with E-state index in [1.54, 1.807) is 13.2 Å². The van der Waals surface area contributed by atoms with E-state index >= 15 is 0 Å². The fourth-order valence-corrected chi connectivity index (χ4v) is 0.857. The van der Waals surface area contributed by atoms with Crippen molar-refractivity contribution in [3.05, 3.63) is 30.1 Å². The van der Waals surface area contributed by atoms with Crippen molar-refractivity contribution < 1.29 is 0 Å². The maximum Gasteiger partial charge on any atom is 0.146 e. The standard InChI is InChI=1S/C8H11N3/c1-9-8(10-2)7-5-3-4-6-11-7/h3-6H,1-2H3,(H,9,10). The molecule has 0 amide bonds. The lowest BCUT2D eigenvalue weighted by Gasteiger charge is -2.01. The third kappa shape index (κ3) is 1.77. The summed E-state index contributed by atoms with van der Waals surface area (Å²) >= 11 is 0. The SMILES string of the molecule is CN=C(NC)c1ccccn1. The molecule has 1 heterocycles. The van der Waals surface area contributed by atoms with E-state index in [0.717, 1.165) is 11.5 Å². The summed E-state index contributed by atoms with van der Waals surface area (Å²) in [6.07, 6.45) is 1.75. The summed E-state index contributed by atoms with van der Waals surface area (Å²) in [5.74, 6) is 0.811. The minimum absolute atomic E-state index is 0.811. The van der Waals surface area contributed by atoms with Gasteiger partial charge in [0.15, 0.2) is 0 Å². The van der Waals surface area contributed by atoms with Gasteiger partial charge in [-0.15, -0.1) is 0 Å². The molecule has 1 rings (SSSR count). The largest absolute Gasteiger partial charge is 0.372 e. The van der Waals surface area contributed by atoms with Gasteiger partial charge in [-0.1, -0.05) is 6.07 Å². The molecule has 1 aromatic heterocycles. The van der Waals surface area contributed by atoms with Crippen LogP contribution in [0.2, 0.25) is 0 Å². The molecule has 0 aliphatic carbocycles. The first kappa shape index (κ1) is 7.72. The lowest BCUT2D eigenvalue weighted by Crippen LogP contribution is -2.20. The number of pyridine rings is 1. The Labute approximate surface area is 66.2 Å². The topological polar surface area (TPSA) is 37.3 Å². The number of aromatic nitrogens is 1. The van der Waals surface area contributed by atoms with Crippen LogP contribution in [-0.4, -0.2) is 24.9 Å². The molecular weight excluding hydrogens is 138 g/mol. The van der Waals surface area contributed by atoms with Crippen LogP contribution in [0.4, 0.5) is 0 Å². The van der Waals surface area contributed by atoms with E-state index in [1.807, 2.05) is 25.2 Å². The van der Waals surface area contributed by atoms with E-state index in [1.165, 1.54) is 0 Å². The molecule has 0 saturated heterocycles. The Kier molecular flexibility index (Phi) is 2.60. The summed E-state index contributed by atoms with van der Waals surface area (Å²) in [5.41, 5.74) is 0.873. The molecule has 0 aliphatic rings. The molecule has 0 radical (unpaired) electrons. The van der Waals surface area contributed by atoms with E-state index in [0.29, 0.717) is 0 Å². The van der Waals surface area contributed by atoms with Gasteiger partial charge in [0.2, 0.25) is 0 Å². The lowest BCUT2D eigenvalue weighted by atomic mass is 10.3. The first-order chi connectivity index (χ1) is 5.38. The molecule has 0 unspecified atom stereocenters. The first-order valence-corrected chi connectivity index (χ1v) is 3.44. The van der Waals surface area contributed by atoms with Gasteiger partial charge in [-0.3, -0.25) is 9.98 Å². The van der Waals surface area contributed by atoms with Crippen LogP contribution < -0.4 is 5.32 Å². The van der Waals surface area contributed by atoms with Crippen molar-refractivity contribution in [2.45, 2.75) is 0 Å². The van der Waals surface area contributed by atoms with Crippen molar-refractivity contribution in [3.8, 4) is 0 Å². The summed E-state index contributed by atoms with van der Waals surface area (Å²) in [4.78, 5) is 8.15. The summed E-state index contributed by atoms with van der Waals surface area (Å²) in [5, 5.41) is 2.96. The number of hydrogen-bond donors (Lipinski definition) is 1. The zero-order valence-electron chi connectivity index (χ0n) is 6.70. The first-order valence-electron chi connectivity index (χ1n) is 3.44. The fraction of sp³-hybridized carbons (Fsp3) is 0.250. The normalized spacial score (nSPS) is 11.3. The van der Waals surface area contributed by atoms with Gasteiger partial charge in [0.05, 0.1) is 0 Å². The van der Waals surface area contributed by atoms with E-state index in [4.69, 9.17) is 0 Å². The second-order valence-corrected chi connectivity index (χ2v) is 2.04. The average molecular weight is 149 g/mol. The van der Waals surface area contributed by atoms with Crippen LogP contribution >= 0.6 is 0 Å². The Morgan fingerprint density at radius 2 is 2.36 bits per heavy atom. The highest BCUT2D eigenvalue weighted by Crippen LogP contribution is 1.92. The molecule has 3 heteroatoms. The van der Waals surface area contributed by atoms with Crippen molar-refractivity contribution in [2.24, 2.45) is 4.99 Å². The maximum absolute atomic E-state index is 4.13. The number of amidine groups is 1. The minimum atomic E-state index is 0.811. The number of rotatable bonds is 1. The predicted molar refractivity (Wildman–Crippen MR) is 45.8 cm³/mol. The average Bonchev–Trinajstić information content (AvgIpc) is 2.09. The van der Waals surface area contributed by atoms with Crippen molar-refractivity contribution in [2.75, 3.05) is 14.1 Å². The molecule has 11 heavy (non-hydrogen) atoms. The van der Waals surface area contributed by atoms with Crippen LogP contribution in [0.15, 0.2) is 29.4 Å². The second-order valence-electron chi connectivity index (χ2n) is 2.04. The predicted octanol–water partition coefficient (Wildman–Crippen LogP) is 0.677. The maximum atomic E-state index is 4.13.